The molecule has 60 heavy (non-hydrogen) atoms. The van der Waals surface area contributed by atoms with Crippen LogP contribution in [0, 0.1) is 0 Å². The summed E-state index contributed by atoms with van der Waals surface area (Å²) in [6.07, 6.45) is 0. The van der Waals surface area contributed by atoms with Gasteiger partial charge in [-0.1, -0.05) is 146 Å². The molecular weight excluding hydrogens is 729 g/mol. The minimum absolute atomic E-state index is 0.689. The van der Waals surface area contributed by atoms with E-state index in [-0.39, 0.29) is 0 Å². The normalized spacial score (nSPS) is 11.3. The van der Waals surface area contributed by atoms with Crippen molar-refractivity contribution in [2.45, 2.75) is 0 Å². The molecule has 0 amide bonds. The molecule has 0 unspecified atom stereocenters. The maximum atomic E-state index is 5.48. The van der Waals surface area contributed by atoms with E-state index in [2.05, 4.69) is 240 Å². The first-order chi connectivity index (χ1) is 29.8. The molecule has 282 valence electrons. The molecule has 1 heterocycles. The number of benzene rings is 9. The Bertz CT molecular complexity index is 3020. The molecule has 0 fully saturated rings. The first-order valence-electron chi connectivity index (χ1n) is 20.3. The maximum Gasteiger partial charge on any atom is 0.160 e. The zero-order valence-corrected chi connectivity index (χ0v) is 32.7. The molecule has 0 atom stereocenters. The smallest absolute Gasteiger partial charge is 0.160 e. The lowest BCUT2D eigenvalue weighted by molar-refractivity contribution is 1.19. The molecule has 1 aliphatic rings. The summed E-state index contributed by atoms with van der Waals surface area (Å²) in [6, 6.07) is 81.3. The molecule has 0 N–H and O–H groups in total. The van der Waals surface area contributed by atoms with Crippen LogP contribution < -0.4 is 9.80 Å². The van der Waals surface area contributed by atoms with Gasteiger partial charge in [-0.05, 0) is 112 Å². The van der Waals surface area contributed by atoms with Gasteiger partial charge in [-0.25, -0.2) is 9.97 Å². The molecule has 0 aliphatic heterocycles. The van der Waals surface area contributed by atoms with Gasteiger partial charge in [0.05, 0.1) is 11.4 Å². The summed E-state index contributed by atoms with van der Waals surface area (Å²) in [7, 11) is 0. The van der Waals surface area contributed by atoms with E-state index in [1.54, 1.807) is 0 Å². The van der Waals surface area contributed by atoms with Crippen LogP contribution >= 0.6 is 0 Å². The largest absolute Gasteiger partial charge is 0.311 e. The van der Waals surface area contributed by atoms with Gasteiger partial charge in [-0.15, -0.1) is 0 Å². The summed E-state index contributed by atoms with van der Waals surface area (Å²) in [6.45, 7) is 0. The zero-order valence-electron chi connectivity index (χ0n) is 32.7. The SMILES string of the molecule is c1ccc(-c2ccc3c4c(cccc24)-c2nc(-c4ccc(N(c5ccccc5)c5ccccc5)cc4)nc(-c4ccc(N(c5ccccc5)c5ccccc5)cc4)c2-3)cc1. The van der Waals surface area contributed by atoms with Gasteiger partial charge in [0.15, 0.2) is 5.82 Å². The number of nitrogens with zero attached hydrogens (tertiary/aromatic N) is 4. The van der Waals surface area contributed by atoms with Crippen molar-refractivity contribution < 1.29 is 0 Å². The van der Waals surface area contributed by atoms with E-state index in [9.17, 15) is 0 Å². The number of hydrogen-bond donors (Lipinski definition) is 0. The van der Waals surface area contributed by atoms with Crippen LogP contribution in [0.5, 0.6) is 0 Å². The predicted molar refractivity (Wildman–Crippen MR) is 250 cm³/mol. The molecule has 4 nitrogen and oxygen atoms in total. The molecule has 0 spiro atoms. The first kappa shape index (κ1) is 35.1. The third kappa shape index (κ3) is 6.19. The van der Waals surface area contributed by atoms with Gasteiger partial charge in [-0.2, -0.15) is 0 Å². The van der Waals surface area contributed by atoms with Crippen molar-refractivity contribution in [3.63, 3.8) is 0 Å². The third-order valence-electron chi connectivity index (χ3n) is 11.4. The van der Waals surface area contributed by atoms with Crippen molar-refractivity contribution in [2.24, 2.45) is 0 Å². The topological polar surface area (TPSA) is 32.3 Å². The van der Waals surface area contributed by atoms with Crippen molar-refractivity contribution in [1.29, 1.82) is 0 Å². The Morgan fingerprint density at radius 2 is 0.683 bits per heavy atom. The lowest BCUT2D eigenvalue weighted by atomic mass is 9.93. The molecule has 1 aliphatic carbocycles. The number of para-hydroxylation sites is 4. The Morgan fingerprint density at radius 1 is 0.267 bits per heavy atom. The van der Waals surface area contributed by atoms with Crippen LogP contribution in [0.3, 0.4) is 0 Å². The lowest BCUT2D eigenvalue weighted by Gasteiger charge is -2.25. The van der Waals surface area contributed by atoms with Gasteiger partial charge in [0.1, 0.15) is 0 Å². The summed E-state index contributed by atoms with van der Waals surface area (Å²) in [5, 5.41) is 2.43. The fourth-order valence-corrected chi connectivity index (χ4v) is 8.66. The van der Waals surface area contributed by atoms with Crippen LogP contribution in [0.25, 0.3) is 66.9 Å². The summed E-state index contributed by atoms with van der Waals surface area (Å²) in [4.78, 5) is 15.5. The van der Waals surface area contributed by atoms with Crippen molar-refractivity contribution in [3.8, 4) is 56.2 Å². The standard InChI is InChI=1S/C56H38N4/c1-6-17-39(18-7-1)48-37-38-50-52-49(48)27-16-28-51(52)55-53(50)54(40-29-33-46(34-30-40)59(42-19-8-2-9-20-42)43-21-10-3-11-22-43)57-56(58-55)41-31-35-47(36-32-41)60(44-23-12-4-13-24-44)45-25-14-5-15-26-45/h1-38H. The Balaban J connectivity index is 1.07. The first-order valence-corrected chi connectivity index (χ1v) is 20.3. The average Bonchev–Trinajstić information content (AvgIpc) is 3.66. The highest BCUT2D eigenvalue weighted by atomic mass is 15.1. The fourth-order valence-electron chi connectivity index (χ4n) is 8.66. The molecule has 4 heteroatoms. The summed E-state index contributed by atoms with van der Waals surface area (Å²) in [5.41, 5.74) is 16.1. The molecule has 10 aromatic rings. The van der Waals surface area contributed by atoms with Gasteiger partial charge in [0.2, 0.25) is 0 Å². The second-order valence-electron chi connectivity index (χ2n) is 15.0. The number of aromatic nitrogens is 2. The van der Waals surface area contributed by atoms with Gasteiger partial charge >= 0.3 is 0 Å². The number of fused-ring (bicyclic) bond motifs is 3. The molecule has 11 rings (SSSR count). The number of anilines is 6. The molecule has 0 radical (unpaired) electrons. The van der Waals surface area contributed by atoms with Crippen LogP contribution in [-0.2, 0) is 0 Å². The van der Waals surface area contributed by atoms with E-state index >= 15 is 0 Å². The minimum atomic E-state index is 0.689. The maximum absolute atomic E-state index is 5.48. The van der Waals surface area contributed by atoms with Crippen molar-refractivity contribution in [3.05, 3.63) is 231 Å². The van der Waals surface area contributed by atoms with Crippen LogP contribution in [-0.4, -0.2) is 9.97 Å². The molecule has 0 saturated heterocycles. The summed E-state index contributed by atoms with van der Waals surface area (Å²) < 4.78 is 0. The Kier molecular flexibility index (Phi) is 8.79. The molecule has 9 aromatic carbocycles. The van der Waals surface area contributed by atoms with Crippen molar-refractivity contribution >= 4 is 44.9 Å². The fraction of sp³-hybridized carbons (Fsp3) is 0. The summed E-state index contributed by atoms with van der Waals surface area (Å²) >= 11 is 0. The average molecular weight is 767 g/mol. The molecule has 0 bridgehead atoms. The second-order valence-corrected chi connectivity index (χ2v) is 15.0. The van der Waals surface area contributed by atoms with E-state index in [1.807, 2.05) is 0 Å². The molecule has 1 aromatic heterocycles. The van der Waals surface area contributed by atoms with Crippen molar-refractivity contribution in [2.75, 3.05) is 9.80 Å². The van der Waals surface area contributed by atoms with E-state index in [1.165, 1.54) is 21.9 Å². The predicted octanol–water partition coefficient (Wildman–Crippen LogP) is 15.2. The highest BCUT2D eigenvalue weighted by Gasteiger charge is 2.29. The number of hydrogen-bond acceptors (Lipinski definition) is 4. The van der Waals surface area contributed by atoms with Crippen LogP contribution in [0.15, 0.2) is 231 Å². The quantitative estimate of drug-likeness (QED) is 0.146. The molecule has 0 saturated carbocycles. The Morgan fingerprint density at radius 3 is 1.18 bits per heavy atom. The van der Waals surface area contributed by atoms with Gasteiger partial charge in [0.25, 0.3) is 0 Å². The number of rotatable bonds is 9. The monoisotopic (exact) mass is 766 g/mol. The zero-order chi connectivity index (χ0) is 39.8. The minimum Gasteiger partial charge on any atom is -0.311 e. The van der Waals surface area contributed by atoms with E-state index in [0.717, 1.165) is 73.3 Å². The van der Waals surface area contributed by atoms with Gasteiger partial charge in [0, 0.05) is 56.4 Å². The van der Waals surface area contributed by atoms with Gasteiger partial charge in [-0.3, -0.25) is 0 Å². The Hall–Kier alpha value is -8.08. The van der Waals surface area contributed by atoms with E-state index in [4.69, 9.17) is 9.97 Å². The van der Waals surface area contributed by atoms with Crippen LogP contribution in [0.2, 0.25) is 0 Å². The van der Waals surface area contributed by atoms with E-state index < -0.39 is 0 Å². The van der Waals surface area contributed by atoms with Gasteiger partial charge < -0.3 is 9.80 Å². The summed E-state index contributed by atoms with van der Waals surface area (Å²) in [5.74, 6) is 0.689. The van der Waals surface area contributed by atoms with Crippen LogP contribution in [0.1, 0.15) is 0 Å². The molecular formula is C56H38N4. The van der Waals surface area contributed by atoms with Crippen LogP contribution in [0.4, 0.5) is 34.1 Å². The lowest BCUT2D eigenvalue weighted by Crippen LogP contribution is -2.09. The van der Waals surface area contributed by atoms with Crippen molar-refractivity contribution in [1.82, 2.24) is 9.97 Å². The van der Waals surface area contributed by atoms with E-state index in [0.29, 0.717) is 5.82 Å². The Labute approximate surface area is 350 Å². The highest BCUT2D eigenvalue weighted by molar-refractivity contribution is 6.20. The second kappa shape index (κ2) is 15.0. The third-order valence-corrected chi connectivity index (χ3v) is 11.4. The highest BCUT2D eigenvalue weighted by Crippen LogP contribution is 2.52.